The van der Waals surface area contributed by atoms with E-state index in [-0.39, 0.29) is 17.9 Å². The summed E-state index contributed by atoms with van der Waals surface area (Å²) in [7, 11) is 0. The molecule has 3 aromatic rings. The van der Waals surface area contributed by atoms with Crippen LogP contribution < -0.4 is 0 Å². The maximum Gasteiger partial charge on any atom is 0.256 e. The molecule has 1 atom stereocenters. The number of nitrogens with one attached hydrogen (secondary N) is 1. The molecule has 0 radical (unpaired) electrons. The van der Waals surface area contributed by atoms with Crippen molar-refractivity contribution in [3.05, 3.63) is 59.2 Å². The first-order valence-corrected chi connectivity index (χ1v) is 8.25. The smallest absolute Gasteiger partial charge is 0.256 e. The largest absolute Gasteiger partial charge is 0.340 e. The van der Waals surface area contributed by atoms with Crippen molar-refractivity contribution in [1.29, 1.82) is 0 Å². The second kappa shape index (κ2) is 5.44. The van der Waals surface area contributed by atoms with Gasteiger partial charge >= 0.3 is 0 Å². The summed E-state index contributed by atoms with van der Waals surface area (Å²) in [5, 5.41) is 0. The molecule has 3 heterocycles. The van der Waals surface area contributed by atoms with Gasteiger partial charge in [0.25, 0.3) is 5.91 Å². The van der Waals surface area contributed by atoms with Crippen LogP contribution >= 0.6 is 0 Å². The molecule has 1 N–H and O–H groups in total. The lowest BCUT2D eigenvalue weighted by Crippen LogP contribution is -2.33. The first-order valence-electron chi connectivity index (χ1n) is 8.25. The number of carbonyl (C=O) groups is 1. The lowest BCUT2D eigenvalue weighted by Gasteiger charge is -2.29. The summed E-state index contributed by atoms with van der Waals surface area (Å²) in [4.78, 5) is 27.2. The van der Waals surface area contributed by atoms with E-state index in [1.807, 2.05) is 23.1 Å². The molecule has 0 saturated heterocycles. The summed E-state index contributed by atoms with van der Waals surface area (Å²) in [6.07, 6.45) is 1.74. The molecular formula is C19H20N4O. The fourth-order valence-corrected chi connectivity index (χ4v) is 3.48. The van der Waals surface area contributed by atoms with Gasteiger partial charge in [0.05, 0.1) is 34.9 Å². The van der Waals surface area contributed by atoms with Gasteiger partial charge in [-0.25, -0.2) is 4.98 Å². The second-order valence-corrected chi connectivity index (χ2v) is 6.76. The van der Waals surface area contributed by atoms with Gasteiger partial charge in [-0.1, -0.05) is 19.9 Å². The van der Waals surface area contributed by atoms with E-state index in [0.717, 1.165) is 22.6 Å². The Morgan fingerprint density at radius 2 is 2.08 bits per heavy atom. The molecule has 0 saturated carbocycles. The van der Waals surface area contributed by atoms with Gasteiger partial charge in [0, 0.05) is 6.20 Å². The monoisotopic (exact) mass is 320 g/mol. The van der Waals surface area contributed by atoms with Gasteiger partial charge in [-0.2, -0.15) is 0 Å². The van der Waals surface area contributed by atoms with Crippen LogP contribution in [0.2, 0.25) is 0 Å². The molecule has 1 aliphatic heterocycles. The molecule has 0 bridgehead atoms. The number of hydrogen-bond donors (Lipinski definition) is 1. The van der Waals surface area contributed by atoms with Crippen molar-refractivity contribution >= 4 is 16.9 Å². The van der Waals surface area contributed by atoms with Gasteiger partial charge in [0.2, 0.25) is 0 Å². The molecule has 24 heavy (non-hydrogen) atoms. The SMILES string of the molecule is Cc1ccc2nc(C(C(C)C)N3Cc4ncccc4C3=O)[nH]c2c1. The maximum absolute atomic E-state index is 12.8. The molecule has 5 nitrogen and oxygen atoms in total. The number of hydrogen-bond acceptors (Lipinski definition) is 3. The standard InChI is InChI=1S/C19H20N4O/c1-11(2)17(18-21-14-7-6-12(3)9-15(14)22-18)23-10-16-13(19(23)24)5-4-8-20-16/h4-9,11,17H,10H2,1-3H3,(H,21,22). The molecule has 122 valence electrons. The number of H-pyrrole nitrogens is 1. The van der Waals surface area contributed by atoms with E-state index in [0.29, 0.717) is 12.1 Å². The lowest BCUT2D eigenvalue weighted by molar-refractivity contribution is 0.0637. The van der Waals surface area contributed by atoms with Crippen molar-refractivity contribution in [2.24, 2.45) is 5.92 Å². The first-order chi connectivity index (χ1) is 11.5. The van der Waals surface area contributed by atoms with E-state index in [1.54, 1.807) is 6.20 Å². The number of aryl methyl sites for hydroxylation is 1. The number of imidazole rings is 1. The number of rotatable bonds is 3. The van der Waals surface area contributed by atoms with E-state index in [4.69, 9.17) is 4.98 Å². The van der Waals surface area contributed by atoms with Gasteiger partial charge in [0.1, 0.15) is 5.82 Å². The summed E-state index contributed by atoms with van der Waals surface area (Å²) < 4.78 is 0. The summed E-state index contributed by atoms with van der Waals surface area (Å²) in [6, 6.07) is 9.73. The van der Waals surface area contributed by atoms with Gasteiger partial charge < -0.3 is 9.88 Å². The van der Waals surface area contributed by atoms with Gasteiger partial charge in [-0.3, -0.25) is 9.78 Å². The number of benzene rings is 1. The molecule has 0 spiro atoms. The van der Waals surface area contributed by atoms with Gasteiger partial charge in [0.15, 0.2) is 0 Å². The van der Waals surface area contributed by atoms with Crippen molar-refractivity contribution in [3.8, 4) is 0 Å². The Bertz CT molecular complexity index is 928. The fraction of sp³-hybridized carbons (Fsp3) is 0.316. The molecule has 1 aromatic carbocycles. The van der Waals surface area contributed by atoms with Crippen LogP contribution in [0.25, 0.3) is 11.0 Å². The Morgan fingerprint density at radius 3 is 2.83 bits per heavy atom. The number of carbonyl (C=O) groups excluding carboxylic acids is 1. The summed E-state index contributed by atoms with van der Waals surface area (Å²) >= 11 is 0. The van der Waals surface area contributed by atoms with Crippen LogP contribution in [0.4, 0.5) is 0 Å². The molecule has 2 aromatic heterocycles. The van der Waals surface area contributed by atoms with Crippen molar-refractivity contribution in [2.75, 3.05) is 0 Å². The minimum Gasteiger partial charge on any atom is -0.340 e. The zero-order valence-electron chi connectivity index (χ0n) is 14.1. The highest BCUT2D eigenvalue weighted by molar-refractivity contribution is 5.98. The Hall–Kier alpha value is -2.69. The van der Waals surface area contributed by atoms with E-state index in [1.165, 1.54) is 5.56 Å². The number of aromatic amines is 1. The fourth-order valence-electron chi connectivity index (χ4n) is 3.48. The number of pyridine rings is 1. The number of amides is 1. The molecule has 1 aliphatic rings. The highest BCUT2D eigenvalue weighted by Crippen LogP contribution is 2.34. The van der Waals surface area contributed by atoms with Crippen LogP contribution in [0, 0.1) is 12.8 Å². The molecule has 0 fully saturated rings. The van der Waals surface area contributed by atoms with E-state index in [9.17, 15) is 4.79 Å². The molecule has 5 heteroatoms. The quantitative estimate of drug-likeness (QED) is 0.802. The molecule has 1 unspecified atom stereocenters. The maximum atomic E-state index is 12.8. The zero-order valence-corrected chi connectivity index (χ0v) is 14.1. The van der Waals surface area contributed by atoms with Crippen LogP contribution in [0.5, 0.6) is 0 Å². The third kappa shape index (κ3) is 2.28. The van der Waals surface area contributed by atoms with Crippen LogP contribution in [0.1, 0.15) is 47.3 Å². The predicted molar refractivity (Wildman–Crippen MR) is 92.5 cm³/mol. The van der Waals surface area contributed by atoms with E-state index < -0.39 is 0 Å². The summed E-state index contributed by atoms with van der Waals surface area (Å²) in [5.74, 6) is 1.12. The Balaban J connectivity index is 1.76. The number of aromatic nitrogens is 3. The summed E-state index contributed by atoms with van der Waals surface area (Å²) in [5.41, 5.74) is 4.68. The van der Waals surface area contributed by atoms with E-state index in [2.05, 4.69) is 42.9 Å². The molecule has 1 amide bonds. The summed E-state index contributed by atoms with van der Waals surface area (Å²) in [6.45, 7) is 6.83. The Morgan fingerprint density at radius 1 is 1.25 bits per heavy atom. The third-order valence-electron chi connectivity index (χ3n) is 4.60. The van der Waals surface area contributed by atoms with Crippen molar-refractivity contribution < 1.29 is 4.79 Å². The molecular weight excluding hydrogens is 300 g/mol. The minimum absolute atomic E-state index is 0.0356. The van der Waals surface area contributed by atoms with Crippen LogP contribution in [-0.2, 0) is 6.54 Å². The molecule has 4 rings (SSSR count). The normalized spacial score (nSPS) is 15.3. The average molecular weight is 320 g/mol. The average Bonchev–Trinajstić information content (AvgIpc) is 3.09. The van der Waals surface area contributed by atoms with Crippen molar-refractivity contribution in [2.45, 2.75) is 33.4 Å². The van der Waals surface area contributed by atoms with Gasteiger partial charge in [-0.15, -0.1) is 0 Å². The number of nitrogens with zero attached hydrogens (tertiary/aromatic N) is 3. The first kappa shape index (κ1) is 14.9. The van der Waals surface area contributed by atoms with Crippen molar-refractivity contribution in [3.63, 3.8) is 0 Å². The molecule has 0 aliphatic carbocycles. The van der Waals surface area contributed by atoms with Crippen molar-refractivity contribution in [1.82, 2.24) is 19.9 Å². The zero-order chi connectivity index (χ0) is 16.8. The highest BCUT2D eigenvalue weighted by Gasteiger charge is 2.37. The van der Waals surface area contributed by atoms with Crippen LogP contribution in [-0.4, -0.2) is 25.8 Å². The third-order valence-corrected chi connectivity index (χ3v) is 4.60. The topological polar surface area (TPSA) is 61.9 Å². The van der Waals surface area contributed by atoms with Crippen LogP contribution in [0.15, 0.2) is 36.5 Å². The van der Waals surface area contributed by atoms with E-state index >= 15 is 0 Å². The van der Waals surface area contributed by atoms with Gasteiger partial charge in [-0.05, 0) is 42.7 Å². The number of fused-ring (bicyclic) bond motifs is 2. The predicted octanol–water partition coefficient (Wildman–Crippen LogP) is 3.62. The Kier molecular flexibility index (Phi) is 3.37. The lowest BCUT2D eigenvalue weighted by atomic mass is 10.0. The second-order valence-electron chi connectivity index (χ2n) is 6.76. The van der Waals surface area contributed by atoms with Crippen LogP contribution in [0.3, 0.4) is 0 Å². The highest BCUT2D eigenvalue weighted by atomic mass is 16.2. The Labute approximate surface area is 140 Å². The minimum atomic E-state index is -0.0978.